The van der Waals surface area contributed by atoms with Gasteiger partial charge in [-0.25, -0.2) is 0 Å². The average molecular weight is 385 g/mol. The van der Waals surface area contributed by atoms with Crippen LogP contribution in [0.25, 0.3) is 0 Å². The summed E-state index contributed by atoms with van der Waals surface area (Å²) in [6, 6.07) is 0. The standard InChI is InChI=1S/C24H32O4/c1-4-5-16-13-20-18-7-6-15-12-17(26)8-10-22(15,2)19(18)9-11-23(20,3)24(16,28)21(27)14-25/h8-10,12,16,18,20,25,28H,4-7,11,13-14H2,1-3H3/t16-,18?,20?,22-,23-,24-/m0/s1. The molecule has 4 aliphatic carbocycles. The molecule has 2 saturated carbocycles. The topological polar surface area (TPSA) is 74.6 Å². The highest BCUT2D eigenvalue weighted by Crippen LogP contribution is 2.67. The fourth-order valence-electron chi connectivity index (χ4n) is 7.04. The monoisotopic (exact) mass is 384 g/mol. The minimum Gasteiger partial charge on any atom is -0.388 e. The van der Waals surface area contributed by atoms with Crippen molar-refractivity contribution in [3.63, 3.8) is 0 Å². The van der Waals surface area contributed by atoms with Crippen LogP contribution in [-0.2, 0) is 9.59 Å². The number of ketones is 2. The van der Waals surface area contributed by atoms with Crippen molar-refractivity contribution in [1.29, 1.82) is 0 Å². The van der Waals surface area contributed by atoms with Gasteiger partial charge in [-0.2, -0.15) is 0 Å². The van der Waals surface area contributed by atoms with Crippen LogP contribution in [0.1, 0.15) is 59.3 Å². The molecule has 0 spiro atoms. The third kappa shape index (κ3) is 2.37. The smallest absolute Gasteiger partial charge is 0.190 e. The number of carbonyl (C=O) groups is 2. The van der Waals surface area contributed by atoms with Crippen molar-refractivity contribution in [3.8, 4) is 0 Å². The molecule has 28 heavy (non-hydrogen) atoms. The van der Waals surface area contributed by atoms with E-state index >= 15 is 0 Å². The van der Waals surface area contributed by atoms with E-state index < -0.39 is 23.4 Å². The van der Waals surface area contributed by atoms with Crippen LogP contribution in [0, 0.1) is 28.6 Å². The van der Waals surface area contributed by atoms with Crippen molar-refractivity contribution in [2.75, 3.05) is 6.61 Å². The molecule has 4 heteroatoms. The molecule has 6 atom stereocenters. The van der Waals surface area contributed by atoms with E-state index in [-0.39, 0.29) is 23.0 Å². The second-order valence-corrected chi connectivity index (χ2v) is 9.71. The van der Waals surface area contributed by atoms with Crippen molar-refractivity contribution < 1.29 is 19.8 Å². The molecule has 0 aliphatic heterocycles. The molecule has 0 aromatic rings. The SMILES string of the molecule is CCC[C@H]1CC2C3CCC4=CC(=O)C=C[C@]4(C)C3=CC[C@]2(C)[C@@]1(O)C(=O)CO. The second kappa shape index (κ2) is 6.50. The Morgan fingerprint density at radius 3 is 2.75 bits per heavy atom. The van der Waals surface area contributed by atoms with E-state index in [2.05, 4.69) is 32.9 Å². The Balaban J connectivity index is 1.78. The summed E-state index contributed by atoms with van der Waals surface area (Å²) in [5.74, 6) is 0.0678. The number of hydrogen-bond donors (Lipinski definition) is 2. The van der Waals surface area contributed by atoms with Gasteiger partial charge in [-0.15, -0.1) is 0 Å². The number of rotatable bonds is 4. The van der Waals surface area contributed by atoms with Gasteiger partial charge in [-0.05, 0) is 68.9 Å². The first-order valence-electron chi connectivity index (χ1n) is 10.7. The van der Waals surface area contributed by atoms with E-state index in [4.69, 9.17) is 0 Å². The molecule has 4 rings (SSSR count). The first kappa shape index (κ1) is 19.8. The number of aliphatic hydroxyl groups is 2. The predicted molar refractivity (Wildman–Crippen MR) is 107 cm³/mol. The Bertz CT molecular complexity index is 805. The molecule has 0 bridgehead atoms. The highest BCUT2D eigenvalue weighted by atomic mass is 16.3. The van der Waals surface area contributed by atoms with Crippen molar-refractivity contribution in [1.82, 2.24) is 0 Å². The Hall–Kier alpha value is -1.52. The van der Waals surface area contributed by atoms with Crippen LogP contribution in [-0.4, -0.2) is 34.0 Å². The summed E-state index contributed by atoms with van der Waals surface area (Å²) < 4.78 is 0. The fraction of sp³-hybridized carbons (Fsp3) is 0.667. The number of fused-ring (bicyclic) bond motifs is 5. The zero-order valence-electron chi connectivity index (χ0n) is 17.2. The van der Waals surface area contributed by atoms with Crippen LogP contribution in [0.3, 0.4) is 0 Å². The number of Topliss-reactive ketones (excluding diaryl/α,β-unsaturated/α-hetero) is 1. The van der Waals surface area contributed by atoms with Crippen LogP contribution in [0.2, 0.25) is 0 Å². The van der Waals surface area contributed by atoms with Gasteiger partial charge in [0.15, 0.2) is 11.6 Å². The van der Waals surface area contributed by atoms with Crippen LogP contribution in [0.15, 0.2) is 35.5 Å². The second-order valence-electron chi connectivity index (χ2n) is 9.71. The molecule has 0 aromatic heterocycles. The zero-order valence-corrected chi connectivity index (χ0v) is 17.2. The molecule has 2 fully saturated rings. The van der Waals surface area contributed by atoms with E-state index in [1.807, 2.05) is 0 Å². The lowest BCUT2D eigenvalue weighted by Crippen LogP contribution is -2.57. The number of allylic oxidation sites excluding steroid dienone is 6. The number of hydrogen-bond acceptors (Lipinski definition) is 4. The highest BCUT2D eigenvalue weighted by Gasteiger charge is 2.67. The van der Waals surface area contributed by atoms with Gasteiger partial charge in [-0.3, -0.25) is 9.59 Å². The molecule has 0 aromatic carbocycles. The third-order valence-electron chi connectivity index (χ3n) is 8.54. The molecule has 2 unspecified atom stereocenters. The maximum Gasteiger partial charge on any atom is 0.190 e. The summed E-state index contributed by atoms with van der Waals surface area (Å²) in [6.45, 7) is 5.74. The van der Waals surface area contributed by atoms with Crippen molar-refractivity contribution in [2.24, 2.45) is 28.6 Å². The molecular weight excluding hydrogens is 352 g/mol. The van der Waals surface area contributed by atoms with E-state index in [0.29, 0.717) is 12.3 Å². The molecule has 0 radical (unpaired) electrons. The minimum atomic E-state index is -1.46. The van der Waals surface area contributed by atoms with Gasteiger partial charge in [0.25, 0.3) is 0 Å². The van der Waals surface area contributed by atoms with E-state index in [9.17, 15) is 19.8 Å². The lowest BCUT2D eigenvalue weighted by Gasteiger charge is -2.53. The normalized spacial score (nSPS) is 44.3. The Morgan fingerprint density at radius 2 is 2.07 bits per heavy atom. The zero-order chi connectivity index (χ0) is 20.3. The minimum absolute atomic E-state index is 0.0685. The molecule has 4 nitrogen and oxygen atoms in total. The van der Waals surface area contributed by atoms with E-state index in [1.54, 1.807) is 12.2 Å². The first-order valence-corrected chi connectivity index (χ1v) is 10.7. The van der Waals surface area contributed by atoms with Crippen LogP contribution < -0.4 is 0 Å². The molecule has 152 valence electrons. The summed E-state index contributed by atoms with van der Waals surface area (Å²) in [4.78, 5) is 24.7. The third-order valence-corrected chi connectivity index (χ3v) is 8.54. The maximum absolute atomic E-state index is 12.8. The van der Waals surface area contributed by atoms with Crippen LogP contribution in [0.5, 0.6) is 0 Å². The van der Waals surface area contributed by atoms with E-state index in [0.717, 1.165) is 32.1 Å². The summed E-state index contributed by atoms with van der Waals surface area (Å²) in [6.07, 6.45) is 12.8. The fourth-order valence-corrected chi connectivity index (χ4v) is 7.04. The van der Waals surface area contributed by atoms with Gasteiger partial charge in [-0.1, -0.05) is 43.6 Å². The van der Waals surface area contributed by atoms with Gasteiger partial charge in [0.05, 0.1) is 0 Å². The van der Waals surface area contributed by atoms with Gasteiger partial charge in [0, 0.05) is 10.8 Å². The van der Waals surface area contributed by atoms with Crippen LogP contribution >= 0.6 is 0 Å². The largest absolute Gasteiger partial charge is 0.388 e. The van der Waals surface area contributed by atoms with Crippen molar-refractivity contribution in [2.45, 2.75) is 64.9 Å². The van der Waals surface area contributed by atoms with Gasteiger partial charge in [0.1, 0.15) is 12.2 Å². The molecular formula is C24H32O4. The first-order chi connectivity index (χ1) is 13.2. The summed E-state index contributed by atoms with van der Waals surface area (Å²) in [5, 5.41) is 21.3. The predicted octanol–water partition coefficient (Wildman–Crippen LogP) is 3.53. The average Bonchev–Trinajstić information content (AvgIpc) is 2.90. The highest BCUT2D eigenvalue weighted by molar-refractivity contribution is 6.01. The summed E-state index contributed by atoms with van der Waals surface area (Å²) >= 11 is 0. The molecule has 0 amide bonds. The van der Waals surface area contributed by atoms with E-state index in [1.165, 1.54) is 11.1 Å². The van der Waals surface area contributed by atoms with Crippen molar-refractivity contribution in [3.05, 3.63) is 35.5 Å². The Morgan fingerprint density at radius 1 is 1.32 bits per heavy atom. The Kier molecular flexibility index (Phi) is 4.59. The van der Waals surface area contributed by atoms with Gasteiger partial charge >= 0.3 is 0 Å². The summed E-state index contributed by atoms with van der Waals surface area (Å²) in [7, 11) is 0. The molecule has 4 aliphatic rings. The number of carbonyl (C=O) groups excluding carboxylic acids is 2. The van der Waals surface area contributed by atoms with Gasteiger partial charge in [0.2, 0.25) is 0 Å². The molecule has 0 heterocycles. The molecule has 2 N–H and O–H groups in total. The maximum atomic E-state index is 12.8. The number of aliphatic hydroxyl groups excluding tert-OH is 1. The lowest BCUT2D eigenvalue weighted by atomic mass is 9.51. The molecule has 0 saturated heterocycles. The van der Waals surface area contributed by atoms with Crippen LogP contribution in [0.4, 0.5) is 0 Å². The summed E-state index contributed by atoms with van der Waals surface area (Å²) in [5.41, 5.74) is 0.315. The lowest BCUT2D eigenvalue weighted by molar-refractivity contribution is -0.162. The quantitative estimate of drug-likeness (QED) is 0.727. The van der Waals surface area contributed by atoms with Gasteiger partial charge < -0.3 is 10.2 Å². The Labute approximate surface area is 167 Å². The van der Waals surface area contributed by atoms with Crippen molar-refractivity contribution >= 4 is 11.6 Å².